The van der Waals surface area contributed by atoms with Crippen LogP contribution in [0.5, 0.6) is 23.0 Å². The molecular formula is C22H24BrNO5. The number of ether oxygens (including phenoxy) is 4. The van der Waals surface area contributed by atoms with Crippen molar-refractivity contribution in [1.29, 1.82) is 0 Å². The highest BCUT2D eigenvalue weighted by molar-refractivity contribution is 9.10. The van der Waals surface area contributed by atoms with E-state index in [9.17, 15) is 4.79 Å². The number of hydrogen-bond acceptors (Lipinski definition) is 5. The van der Waals surface area contributed by atoms with Gasteiger partial charge in [0.05, 0.1) is 33.5 Å². The van der Waals surface area contributed by atoms with Gasteiger partial charge in [0.2, 0.25) is 0 Å². The lowest BCUT2D eigenvalue weighted by molar-refractivity contribution is 0.0734. The Balaban J connectivity index is 1.64. The maximum atomic E-state index is 13.4. The molecule has 2 heterocycles. The molecule has 154 valence electrons. The van der Waals surface area contributed by atoms with Gasteiger partial charge in [0.25, 0.3) is 5.91 Å². The molecule has 2 aliphatic rings. The van der Waals surface area contributed by atoms with Gasteiger partial charge in [-0.3, -0.25) is 4.79 Å². The summed E-state index contributed by atoms with van der Waals surface area (Å²) in [5.41, 5.74) is 1.61. The Hall–Kier alpha value is -2.41. The number of carbonyl (C=O) groups excluding carboxylic acids is 1. The molecule has 0 bridgehead atoms. The molecule has 1 atom stereocenters. The Bertz CT molecular complexity index is 891. The summed E-state index contributed by atoms with van der Waals surface area (Å²) in [6.07, 6.45) is 2.73. The molecule has 1 amide bonds. The third kappa shape index (κ3) is 3.88. The summed E-state index contributed by atoms with van der Waals surface area (Å²) in [6.45, 7) is 2.01. The van der Waals surface area contributed by atoms with Crippen LogP contribution in [0.4, 0.5) is 0 Å². The lowest BCUT2D eigenvalue weighted by Gasteiger charge is -2.26. The topological polar surface area (TPSA) is 57.2 Å². The second-order valence-electron chi connectivity index (χ2n) is 7.11. The number of likely N-dealkylation sites (tertiary alicyclic amines) is 1. The molecule has 0 N–H and O–H groups in total. The van der Waals surface area contributed by atoms with Gasteiger partial charge in [-0.05, 0) is 58.6 Å². The maximum Gasteiger partial charge on any atom is 0.254 e. The van der Waals surface area contributed by atoms with Crippen LogP contribution < -0.4 is 18.9 Å². The lowest BCUT2D eigenvalue weighted by Crippen LogP contribution is -2.30. The van der Waals surface area contributed by atoms with Crippen LogP contribution in [0.15, 0.2) is 34.8 Å². The van der Waals surface area contributed by atoms with Gasteiger partial charge in [0.1, 0.15) is 16.0 Å². The smallest absolute Gasteiger partial charge is 0.254 e. The van der Waals surface area contributed by atoms with Crippen molar-refractivity contribution in [2.24, 2.45) is 0 Å². The van der Waals surface area contributed by atoms with Crippen LogP contribution in [-0.2, 0) is 0 Å². The molecule has 2 aromatic carbocycles. The summed E-state index contributed by atoms with van der Waals surface area (Å²) in [5, 5.41) is 0. The minimum absolute atomic E-state index is 0.000268. The summed E-state index contributed by atoms with van der Waals surface area (Å²) >= 11 is 3.46. The zero-order chi connectivity index (χ0) is 20.4. The zero-order valence-electron chi connectivity index (χ0n) is 16.6. The third-order valence-corrected chi connectivity index (χ3v) is 6.14. The van der Waals surface area contributed by atoms with Gasteiger partial charge >= 0.3 is 0 Å². The Kier molecular flexibility index (Phi) is 5.85. The van der Waals surface area contributed by atoms with E-state index in [-0.39, 0.29) is 11.9 Å². The van der Waals surface area contributed by atoms with Crippen LogP contribution in [0.3, 0.4) is 0 Å². The highest BCUT2D eigenvalue weighted by atomic mass is 79.9. The molecule has 0 saturated carbocycles. The Labute approximate surface area is 178 Å². The van der Waals surface area contributed by atoms with E-state index in [0.717, 1.165) is 36.3 Å². The van der Waals surface area contributed by atoms with Crippen molar-refractivity contribution in [3.63, 3.8) is 0 Å². The fourth-order valence-corrected chi connectivity index (χ4v) is 4.45. The molecule has 0 aromatic heterocycles. The van der Waals surface area contributed by atoms with Crippen molar-refractivity contribution in [3.05, 3.63) is 45.9 Å². The molecule has 0 unspecified atom stereocenters. The average molecular weight is 462 g/mol. The van der Waals surface area contributed by atoms with E-state index in [0.29, 0.717) is 41.3 Å². The molecule has 4 rings (SSSR count). The highest BCUT2D eigenvalue weighted by Crippen LogP contribution is 2.40. The molecule has 1 fully saturated rings. The first kappa shape index (κ1) is 19.9. The summed E-state index contributed by atoms with van der Waals surface area (Å²) in [6, 6.07) is 9.49. The minimum atomic E-state index is -0.0382. The van der Waals surface area contributed by atoms with E-state index in [1.54, 1.807) is 26.4 Å². The van der Waals surface area contributed by atoms with Crippen molar-refractivity contribution in [3.8, 4) is 23.0 Å². The first-order chi connectivity index (χ1) is 14.1. The highest BCUT2D eigenvalue weighted by Gasteiger charge is 2.32. The largest absolute Gasteiger partial charge is 0.495 e. The fraction of sp³-hybridized carbons (Fsp3) is 0.409. The Morgan fingerprint density at radius 1 is 1.03 bits per heavy atom. The van der Waals surface area contributed by atoms with E-state index >= 15 is 0 Å². The van der Waals surface area contributed by atoms with Crippen LogP contribution in [0.1, 0.15) is 41.2 Å². The lowest BCUT2D eigenvalue weighted by atomic mass is 10.0. The molecular weight excluding hydrogens is 438 g/mol. The first-order valence-corrected chi connectivity index (χ1v) is 10.5. The van der Waals surface area contributed by atoms with Crippen molar-refractivity contribution in [2.75, 3.05) is 34.0 Å². The molecule has 0 aliphatic carbocycles. The minimum Gasteiger partial charge on any atom is -0.495 e. The van der Waals surface area contributed by atoms with Crippen molar-refractivity contribution in [1.82, 2.24) is 4.90 Å². The fourth-order valence-electron chi connectivity index (χ4n) is 3.90. The summed E-state index contributed by atoms with van der Waals surface area (Å²) < 4.78 is 23.1. The van der Waals surface area contributed by atoms with Gasteiger partial charge in [0, 0.05) is 18.5 Å². The number of fused-ring (bicyclic) bond motifs is 1. The number of benzene rings is 2. The van der Waals surface area contributed by atoms with Gasteiger partial charge < -0.3 is 23.8 Å². The standard InChI is InChI=1S/C22H24BrNO5/c1-26-19-12-15(13-20(27-2)21(19)23)22(25)24-8-3-5-16(24)14-6-7-17-18(11-14)29-10-4-9-28-17/h6-7,11-13,16H,3-5,8-10H2,1-2H3/t16-/m0/s1. The summed E-state index contributed by atoms with van der Waals surface area (Å²) in [4.78, 5) is 15.3. The van der Waals surface area contributed by atoms with Gasteiger partial charge in [-0.15, -0.1) is 0 Å². The third-order valence-electron chi connectivity index (χ3n) is 5.36. The maximum absolute atomic E-state index is 13.4. The molecule has 6 nitrogen and oxygen atoms in total. The molecule has 1 saturated heterocycles. The normalized spacial score (nSPS) is 18.3. The molecule has 29 heavy (non-hydrogen) atoms. The average Bonchev–Trinajstić information content (AvgIpc) is 3.12. The number of methoxy groups -OCH3 is 2. The van der Waals surface area contributed by atoms with E-state index < -0.39 is 0 Å². The second-order valence-corrected chi connectivity index (χ2v) is 7.90. The molecule has 0 spiro atoms. The van der Waals surface area contributed by atoms with Crippen LogP contribution in [-0.4, -0.2) is 44.8 Å². The van der Waals surface area contributed by atoms with Crippen molar-refractivity contribution < 1.29 is 23.7 Å². The number of nitrogens with zero attached hydrogens (tertiary/aromatic N) is 1. The van der Waals surface area contributed by atoms with Gasteiger partial charge in [-0.25, -0.2) is 0 Å². The summed E-state index contributed by atoms with van der Waals surface area (Å²) in [7, 11) is 3.15. The monoisotopic (exact) mass is 461 g/mol. The van der Waals surface area contributed by atoms with Crippen LogP contribution in [0.25, 0.3) is 0 Å². The van der Waals surface area contributed by atoms with E-state index in [1.807, 2.05) is 23.1 Å². The number of hydrogen-bond donors (Lipinski definition) is 0. The Morgan fingerprint density at radius 2 is 1.72 bits per heavy atom. The molecule has 2 aromatic rings. The Morgan fingerprint density at radius 3 is 2.41 bits per heavy atom. The van der Waals surface area contributed by atoms with Gasteiger partial charge in [-0.1, -0.05) is 6.07 Å². The van der Waals surface area contributed by atoms with E-state index in [2.05, 4.69) is 15.9 Å². The van der Waals surface area contributed by atoms with Crippen LogP contribution >= 0.6 is 15.9 Å². The zero-order valence-corrected chi connectivity index (χ0v) is 18.2. The van der Waals surface area contributed by atoms with Gasteiger partial charge in [-0.2, -0.15) is 0 Å². The number of halogens is 1. The second kappa shape index (κ2) is 8.53. The summed E-state index contributed by atoms with van der Waals surface area (Å²) in [5.74, 6) is 2.62. The van der Waals surface area contributed by atoms with Crippen LogP contribution in [0.2, 0.25) is 0 Å². The number of carbonyl (C=O) groups is 1. The number of amides is 1. The van der Waals surface area contributed by atoms with Gasteiger partial charge in [0.15, 0.2) is 11.5 Å². The quantitative estimate of drug-likeness (QED) is 0.665. The predicted octanol–water partition coefficient (Wildman–Crippen LogP) is 4.60. The number of rotatable bonds is 4. The van der Waals surface area contributed by atoms with E-state index in [4.69, 9.17) is 18.9 Å². The van der Waals surface area contributed by atoms with E-state index in [1.165, 1.54) is 0 Å². The van der Waals surface area contributed by atoms with Crippen molar-refractivity contribution >= 4 is 21.8 Å². The first-order valence-electron chi connectivity index (χ1n) is 9.74. The van der Waals surface area contributed by atoms with Crippen LogP contribution in [0, 0.1) is 0 Å². The molecule has 7 heteroatoms. The molecule has 2 aliphatic heterocycles. The SMILES string of the molecule is COc1cc(C(=O)N2CCC[C@H]2c2ccc3c(c2)OCCCO3)cc(OC)c1Br. The predicted molar refractivity (Wildman–Crippen MR) is 112 cm³/mol. The van der Waals surface area contributed by atoms with Crippen molar-refractivity contribution in [2.45, 2.75) is 25.3 Å². The molecule has 0 radical (unpaired) electrons.